The van der Waals surface area contributed by atoms with Gasteiger partial charge in [0.05, 0.1) is 10.6 Å². The van der Waals surface area contributed by atoms with E-state index in [9.17, 15) is 17.2 Å². The highest BCUT2D eigenvalue weighted by Gasteiger charge is 2.35. The quantitative estimate of drug-likeness (QED) is 0.855. The van der Waals surface area contributed by atoms with Crippen molar-refractivity contribution in [3.8, 4) is 0 Å². The molecule has 0 aliphatic heterocycles. The number of hydrogen-bond donors (Lipinski definition) is 2. The largest absolute Gasteiger partial charge is 0.380 e. The van der Waals surface area contributed by atoms with Crippen molar-refractivity contribution < 1.29 is 17.2 Å². The van der Waals surface area contributed by atoms with E-state index < -0.39 is 15.6 Å². The van der Waals surface area contributed by atoms with Gasteiger partial charge in [0.1, 0.15) is 0 Å². The second-order valence-electron chi connectivity index (χ2n) is 3.95. The molecule has 0 aromatic heterocycles. The van der Waals surface area contributed by atoms with Crippen LogP contribution < -0.4 is 11.1 Å². The molecule has 1 saturated carbocycles. The molecule has 1 aromatic carbocycles. The average Bonchev–Trinajstić information content (AvgIpc) is 2.94. The van der Waals surface area contributed by atoms with Gasteiger partial charge in [0.25, 0.3) is 0 Å². The minimum absolute atomic E-state index is 0.0379. The SMILES string of the molecule is NC1CC1Nc1ccccc1S(=O)(=O)C(F)F. The molecule has 0 radical (unpaired) electrons. The minimum atomic E-state index is -4.58. The molecule has 2 unspecified atom stereocenters. The van der Waals surface area contributed by atoms with Gasteiger partial charge in [-0.1, -0.05) is 12.1 Å². The maximum absolute atomic E-state index is 12.5. The molecular formula is C10H12F2N2O2S. The third-order valence-electron chi connectivity index (χ3n) is 2.61. The number of halogens is 2. The van der Waals surface area contributed by atoms with E-state index in [-0.39, 0.29) is 22.7 Å². The summed E-state index contributed by atoms with van der Waals surface area (Å²) in [5.74, 6) is -3.42. The van der Waals surface area contributed by atoms with Crippen LogP contribution in [-0.4, -0.2) is 26.3 Å². The second-order valence-corrected chi connectivity index (χ2v) is 5.84. The molecule has 0 amide bonds. The van der Waals surface area contributed by atoms with Crippen molar-refractivity contribution in [2.24, 2.45) is 5.73 Å². The van der Waals surface area contributed by atoms with Gasteiger partial charge in [-0.25, -0.2) is 8.42 Å². The zero-order chi connectivity index (χ0) is 12.6. The monoisotopic (exact) mass is 262 g/mol. The zero-order valence-corrected chi connectivity index (χ0v) is 9.62. The van der Waals surface area contributed by atoms with Crippen LogP contribution in [0.3, 0.4) is 0 Å². The van der Waals surface area contributed by atoms with E-state index in [0.29, 0.717) is 6.42 Å². The molecule has 1 aliphatic rings. The molecule has 1 aromatic rings. The van der Waals surface area contributed by atoms with Gasteiger partial charge in [0, 0.05) is 12.1 Å². The van der Waals surface area contributed by atoms with Crippen LogP contribution >= 0.6 is 0 Å². The summed E-state index contributed by atoms with van der Waals surface area (Å²) in [6.07, 6.45) is 0.711. The van der Waals surface area contributed by atoms with E-state index in [0.717, 1.165) is 6.07 Å². The number of sulfone groups is 1. The van der Waals surface area contributed by atoms with Crippen molar-refractivity contribution in [1.82, 2.24) is 0 Å². The number of nitrogens with two attached hydrogens (primary N) is 1. The fraction of sp³-hybridized carbons (Fsp3) is 0.400. The lowest BCUT2D eigenvalue weighted by molar-refractivity contribution is 0.235. The fourth-order valence-corrected chi connectivity index (χ4v) is 2.40. The van der Waals surface area contributed by atoms with Gasteiger partial charge in [-0.3, -0.25) is 0 Å². The Bertz CT molecular complexity index is 519. The van der Waals surface area contributed by atoms with Crippen molar-refractivity contribution >= 4 is 15.5 Å². The van der Waals surface area contributed by atoms with E-state index in [4.69, 9.17) is 5.73 Å². The van der Waals surface area contributed by atoms with Gasteiger partial charge >= 0.3 is 5.76 Å². The van der Waals surface area contributed by atoms with Crippen LogP contribution in [0.15, 0.2) is 29.2 Å². The Morgan fingerprint density at radius 3 is 2.47 bits per heavy atom. The first-order valence-electron chi connectivity index (χ1n) is 5.06. The molecule has 2 rings (SSSR count). The van der Waals surface area contributed by atoms with Crippen LogP contribution in [0.5, 0.6) is 0 Å². The maximum Gasteiger partial charge on any atom is 0.341 e. The summed E-state index contributed by atoms with van der Waals surface area (Å²) in [6.45, 7) is 0. The predicted octanol–water partition coefficient (Wildman–Crippen LogP) is 1.19. The number of rotatable bonds is 4. The molecule has 4 nitrogen and oxygen atoms in total. The first-order valence-corrected chi connectivity index (χ1v) is 6.61. The van der Waals surface area contributed by atoms with Crippen LogP contribution in [0, 0.1) is 0 Å². The maximum atomic E-state index is 12.5. The van der Waals surface area contributed by atoms with Crippen molar-refractivity contribution in [1.29, 1.82) is 0 Å². The number of nitrogens with one attached hydrogen (secondary N) is 1. The highest BCUT2D eigenvalue weighted by atomic mass is 32.2. The Labute approximate surface area is 97.7 Å². The molecule has 17 heavy (non-hydrogen) atoms. The van der Waals surface area contributed by atoms with Gasteiger partial charge in [-0.2, -0.15) is 8.78 Å². The van der Waals surface area contributed by atoms with Gasteiger partial charge < -0.3 is 11.1 Å². The van der Waals surface area contributed by atoms with E-state index >= 15 is 0 Å². The number of anilines is 1. The highest BCUT2D eigenvalue weighted by Crippen LogP contribution is 2.30. The lowest BCUT2D eigenvalue weighted by atomic mass is 10.3. The van der Waals surface area contributed by atoms with Gasteiger partial charge in [0.15, 0.2) is 0 Å². The molecular weight excluding hydrogens is 250 g/mol. The third-order valence-corrected chi connectivity index (χ3v) is 4.05. The zero-order valence-electron chi connectivity index (χ0n) is 8.81. The normalized spacial score (nSPS) is 23.8. The first kappa shape index (κ1) is 12.3. The van der Waals surface area contributed by atoms with E-state index in [1.165, 1.54) is 12.1 Å². The lowest BCUT2D eigenvalue weighted by Crippen LogP contribution is -2.17. The average molecular weight is 262 g/mol. The van der Waals surface area contributed by atoms with E-state index in [2.05, 4.69) is 5.32 Å². The molecule has 94 valence electrons. The van der Waals surface area contributed by atoms with Crippen molar-refractivity contribution in [2.75, 3.05) is 5.32 Å². The Hall–Kier alpha value is -1.21. The molecule has 0 saturated heterocycles. The van der Waals surface area contributed by atoms with Gasteiger partial charge in [0.2, 0.25) is 9.84 Å². The second kappa shape index (κ2) is 4.23. The summed E-state index contributed by atoms with van der Waals surface area (Å²) >= 11 is 0. The Kier molecular flexibility index (Phi) is 3.05. The number of para-hydroxylation sites is 1. The van der Waals surface area contributed by atoms with Crippen LogP contribution in [0.25, 0.3) is 0 Å². The highest BCUT2D eigenvalue weighted by molar-refractivity contribution is 7.91. The molecule has 7 heteroatoms. The fourth-order valence-electron chi connectivity index (χ4n) is 1.51. The number of alkyl halides is 2. The van der Waals surface area contributed by atoms with Crippen molar-refractivity contribution in [3.63, 3.8) is 0 Å². The molecule has 0 bridgehead atoms. The summed E-state index contributed by atoms with van der Waals surface area (Å²) in [5.41, 5.74) is 5.76. The molecule has 3 N–H and O–H groups in total. The summed E-state index contributed by atoms with van der Waals surface area (Å²) in [5, 5.41) is 2.86. The van der Waals surface area contributed by atoms with Crippen molar-refractivity contribution in [2.45, 2.75) is 29.2 Å². The summed E-state index contributed by atoms with van der Waals surface area (Å²) in [6, 6.07) is 5.53. The summed E-state index contributed by atoms with van der Waals surface area (Å²) in [7, 11) is -4.58. The van der Waals surface area contributed by atoms with Gasteiger partial charge in [-0.15, -0.1) is 0 Å². The Morgan fingerprint density at radius 2 is 1.94 bits per heavy atom. The summed E-state index contributed by atoms with van der Waals surface area (Å²) in [4.78, 5) is -0.380. The van der Waals surface area contributed by atoms with Crippen molar-refractivity contribution in [3.05, 3.63) is 24.3 Å². The third kappa shape index (κ3) is 2.39. The molecule has 1 aliphatic carbocycles. The standard InChI is InChI=1S/C10H12F2N2O2S/c11-10(12)17(15,16)9-4-2-1-3-7(9)14-8-5-6(8)13/h1-4,6,8,10,14H,5,13H2. The molecule has 0 spiro atoms. The number of hydrogen-bond acceptors (Lipinski definition) is 4. The summed E-state index contributed by atoms with van der Waals surface area (Å²) < 4.78 is 47.8. The van der Waals surface area contributed by atoms with Crippen LogP contribution in [0.2, 0.25) is 0 Å². The van der Waals surface area contributed by atoms with E-state index in [1.54, 1.807) is 6.07 Å². The molecule has 2 atom stereocenters. The van der Waals surface area contributed by atoms with Crippen LogP contribution in [0.1, 0.15) is 6.42 Å². The van der Waals surface area contributed by atoms with Crippen LogP contribution in [-0.2, 0) is 9.84 Å². The smallest absolute Gasteiger partial charge is 0.341 e. The molecule has 1 fully saturated rings. The van der Waals surface area contributed by atoms with Gasteiger partial charge in [-0.05, 0) is 18.6 Å². The first-order chi connectivity index (χ1) is 7.93. The van der Waals surface area contributed by atoms with E-state index in [1.807, 2.05) is 0 Å². The number of benzene rings is 1. The Morgan fingerprint density at radius 1 is 1.35 bits per heavy atom. The Balaban J connectivity index is 2.34. The predicted molar refractivity (Wildman–Crippen MR) is 59.6 cm³/mol. The van der Waals surface area contributed by atoms with Crippen LogP contribution in [0.4, 0.5) is 14.5 Å². The minimum Gasteiger partial charge on any atom is -0.380 e. The topological polar surface area (TPSA) is 72.2 Å². The lowest BCUT2D eigenvalue weighted by Gasteiger charge is -2.11. The molecule has 0 heterocycles.